The minimum absolute atomic E-state index is 0.915. The summed E-state index contributed by atoms with van der Waals surface area (Å²) in [6.07, 6.45) is 0. The van der Waals surface area contributed by atoms with E-state index in [9.17, 15) is 9.79 Å². The predicted octanol–water partition coefficient (Wildman–Crippen LogP) is 3.98. The van der Waals surface area contributed by atoms with Crippen molar-refractivity contribution in [2.45, 2.75) is 0 Å². The Morgan fingerprint density at radius 1 is 0.448 bits per heavy atom. The molecular weight excluding hydrogens is 398 g/mol. The summed E-state index contributed by atoms with van der Waals surface area (Å²) in [5.41, 5.74) is 0. The molecule has 4 aromatic rings. The Morgan fingerprint density at radius 3 is 0.897 bits per heavy atom. The molecule has 0 spiro atoms. The maximum absolute atomic E-state index is 10.3. The van der Waals surface area contributed by atoms with Gasteiger partial charge in [0.05, 0.1) is 0 Å². The van der Waals surface area contributed by atoms with E-state index >= 15 is 0 Å². The Bertz CT molecular complexity index is 887. The third kappa shape index (κ3) is 3.13. The van der Waals surface area contributed by atoms with E-state index in [0.29, 0.717) is 0 Å². The van der Waals surface area contributed by atoms with Gasteiger partial charge in [0.2, 0.25) is 0 Å². The summed E-state index contributed by atoms with van der Waals surface area (Å²) in [4.78, 5) is 20.7. The van der Waals surface area contributed by atoms with E-state index in [-0.39, 0.29) is 0 Å². The first-order valence-corrected chi connectivity index (χ1v) is 12.6. The third-order valence-electron chi connectivity index (χ3n) is 5.23. The average molecular weight is 420 g/mol. The van der Waals surface area contributed by atoms with Gasteiger partial charge in [0.15, 0.2) is 0 Å². The summed E-state index contributed by atoms with van der Waals surface area (Å²) < 4.78 is 6.48. The van der Waals surface area contributed by atoms with E-state index in [1.165, 1.54) is 0 Å². The standard InChI is InChI=1S/C24H22O3P2/c25-28(26)27-29(21-13-5-1-6-14-21,22-15-7-2-8-16-22,23-17-9-3-10-18-23)24-19-11-4-12-20-24/h1-20,25-26H. The van der Waals surface area contributed by atoms with Crippen LogP contribution in [-0.4, -0.2) is 9.79 Å². The van der Waals surface area contributed by atoms with Gasteiger partial charge in [-0.05, 0) is 0 Å². The van der Waals surface area contributed by atoms with Crippen molar-refractivity contribution in [3.63, 3.8) is 0 Å². The molecule has 0 amide bonds. The molecule has 0 radical (unpaired) electrons. The van der Waals surface area contributed by atoms with Gasteiger partial charge >= 0.3 is 172 Å². The second kappa shape index (κ2) is 8.16. The Hall–Kier alpha value is -2.38. The molecule has 0 heterocycles. The van der Waals surface area contributed by atoms with Gasteiger partial charge in [0.25, 0.3) is 0 Å². The first-order valence-electron chi connectivity index (χ1n) is 9.30. The quantitative estimate of drug-likeness (QED) is 0.464. The zero-order chi connectivity index (χ0) is 20.2. The van der Waals surface area contributed by atoms with Crippen molar-refractivity contribution in [1.29, 1.82) is 0 Å². The minimum atomic E-state index is -3.91. The Kier molecular flexibility index (Phi) is 5.61. The Morgan fingerprint density at radius 2 is 0.690 bits per heavy atom. The first kappa shape index (κ1) is 19.9. The normalized spacial score (nSPS) is 13.0. The summed E-state index contributed by atoms with van der Waals surface area (Å²) in [7, 11) is -2.67. The summed E-state index contributed by atoms with van der Waals surface area (Å²) in [5.74, 6) is 0. The maximum atomic E-state index is 10.3. The van der Waals surface area contributed by atoms with Crippen LogP contribution in [-0.2, 0) is 4.31 Å². The van der Waals surface area contributed by atoms with Crippen LogP contribution < -0.4 is 21.2 Å². The predicted molar refractivity (Wildman–Crippen MR) is 124 cm³/mol. The van der Waals surface area contributed by atoms with Crippen LogP contribution >= 0.6 is 15.4 Å². The first-order chi connectivity index (χ1) is 14.2. The molecule has 0 bridgehead atoms. The van der Waals surface area contributed by atoms with Gasteiger partial charge in [-0.3, -0.25) is 0 Å². The number of benzene rings is 4. The van der Waals surface area contributed by atoms with Crippen molar-refractivity contribution in [3.05, 3.63) is 121 Å². The summed E-state index contributed by atoms with van der Waals surface area (Å²) in [6.45, 7) is -3.91. The number of hydrogen-bond donors (Lipinski definition) is 2. The van der Waals surface area contributed by atoms with Gasteiger partial charge in [-0.2, -0.15) is 0 Å². The van der Waals surface area contributed by atoms with Gasteiger partial charge in [-0.25, -0.2) is 0 Å². The number of hydrogen-bond acceptors (Lipinski definition) is 3. The van der Waals surface area contributed by atoms with Crippen LogP contribution in [0.3, 0.4) is 0 Å². The van der Waals surface area contributed by atoms with Crippen molar-refractivity contribution in [1.82, 2.24) is 0 Å². The molecule has 5 heteroatoms. The van der Waals surface area contributed by atoms with E-state index in [4.69, 9.17) is 4.31 Å². The third-order valence-corrected chi connectivity index (χ3v) is 12.3. The molecule has 29 heavy (non-hydrogen) atoms. The molecule has 0 aliphatic heterocycles. The molecule has 0 unspecified atom stereocenters. The zero-order valence-electron chi connectivity index (χ0n) is 15.7. The molecule has 2 N–H and O–H groups in total. The van der Waals surface area contributed by atoms with E-state index in [2.05, 4.69) is 0 Å². The molecule has 4 rings (SSSR count). The van der Waals surface area contributed by atoms with Crippen molar-refractivity contribution < 1.29 is 14.1 Å². The molecule has 0 aliphatic rings. The van der Waals surface area contributed by atoms with E-state index < -0.39 is 15.4 Å². The monoisotopic (exact) mass is 420 g/mol. The molecule has 3 nitrogen and oxygen atoms in total. The Labute approximate surface area is 172 Å². The molecule has 0 saturated carbocycles. The van der Waals surface area contributed by atoms with Gasteiger partial charge in [0, 0.05) is 0 Å². The van der Waals surface area contributed by atoms with Gasteiger partial charge in [-0.1, -0.05) is 0 Å². The fraction of sp³-hybridized carbons (Fsp3) is 0. The molecule has 146 valence electrons. The van der Waals surface area contributed by atoms with Gasteiger partial charge in [0.1, 0.15) is 0 Å². The average Bonchev–Trinajstić information content (AvgIpc) is 2.80. The molecule has 0 saturated heterocycles. The van der Waals surface area contributed by atoms with Crippen LogP contribution in [0.5, 0.6) is 0 Å². The molecule has 0 fully saturated rings. The van der Waals surface area contributed by atoms with Crippen LogP contribution in [0, 0.1) is 0 Å². The topological polar surface area (TPSA) is 49.7 Å². The van der Waals surface area contributed by atoms with Crippen LogP contribution in [0.2, 0.25) is 0 Å². The van der Waals surface area contributed by atoms with E-state index in [1.54, 1.807) is 0 Å². The molecule has 0 aliphatic carbocycles. The SMILES string of the molecule is OP(O)OP(c1ccccc1)(c1ccccc1)(c1ccccc1)c1ccccc1. The second-order valence-corrected chi connectivity index (χ2v) is 12.0. The van der Waals surface area contributed by atoms with Crippen molar-refractivity contribution in [3.8, 4) is 0 Å². The Balaban J connectivity index is 2.29. The van der Waals surface area contributed by atoms with Gasteiger partial charge < -0.3 is 0 Å². The zero-order valence-corrected chi connectivity index (χ0v) is 17.5. The van der Waals surface area contributed by atoms with Gasteiger partial charge in [-0.15, -0.1) is 0 Å². The summed E-state index contributed by atoms with van der Waals surface area (Å²) in [5, 5.41) is 3.66. The summed E-state index contributed by atoms with van der Waals surface area (Å²) in [6, 6.07) is 39.7. The summed E-state index contributed by atoms with van der Waals surface area (Å²) >= 11 is 0. The molecule has 0 atom stereocenters. The fourth-order valence-corrected chi connectivity index (χ4v) is 11.5. The molecule has 0 aromatic heterocycles. The van der Waals surface area contributed by atoms with Crippen molar-refractivity contribution in [2.75, 3.05) is 0 Å². The second-order valence-electron chi connectivity index (χ2n) is 6.71. The van der Waals surface area contributed by atoms with Crippen molar-refractivity contribution in [2.24, 2.45) is 0 Å². The molecule has 4 aromatic carbocycles. The molecular formula is C24H22O3P2. The number of rotatable bonds is 6. The van der Waals surface area contributed by atoms with E-state index in [0.717, 1.165) is 21.2 Å². The van der Waals surface area contributed by atoms with Crippen LogP contribution in [0.4, 0.5) is 0 Å². The van der Waals surface area contributed by atoms with Crippen molar-refractivity contribution >= 4 is 36.7 Å². The van der Waals surface area contributed by atoms with E-state index in [1.807, 2.05) is 121 Å². The van der Waals surface area contributed by atoms with Crippen LogP contribution in [0.15, 0.2) is 121 Å². The van der Waals surface area contributed by atoms with Crippen LogP contribution in [0.25, 0.3) is 0 Å². The van der Waals surface area contributed by atoms with Crippen LogP contribution in [0.1, 0.15) is 0 Å². The fourth-order valence-electron chi connectivity index (χ4n) is 4.08.